The van der Waals surface area contributed by atoms with Gasteiger partial charge in [-0.1, -0.05) is 19.3 Å². The average Bonchev–Trinajstić information content (AvgIpc) is 1.65. The summed E-state index contributed by atoms with van der Waals surface area (Å²) in [5.41, 5.74) is 11.0. The first-order valence-electron chi connectivity index (χ1n) is 3.28. The monoisotopic (exact) mass is 309 g/mol. The van der Waals surface area contributed by atoms with Crippen molar-refractivity contribution in [2.45, 2.75) is 37.8 Å². The smallest absolute Gasteiger partial charge is 0.0636 e. The maximum absolute atomic E-state index is 5.66. The van der Waals surface area contributed by atoms with E-state index in [1.54, 1.807) is 0 Å². The molecule has 0 atom stereocenters. The molecule has 1 saturated carbocycles. The molecule has 0 aliphatic heterocycles. The summed E-state index contributed by atoms with van der Waals surface area (Å²) in [6.45, 7) is 0. The van der Waals surface area contributed by atoms with Crippen LogP contribution in [0.1, 0.15) is 32.1 Å². The normalized spacial score (nSPS) is 24.7. The second kappa shape index (κ2) is 3.70. The molecule has 1 aliphatic rings. The van der Waals surface area contributed by atoms with Gasteiger partial charge in [0, 0.05) is 21.1 Å². The van der Waals surface area contributed by atoms with Crippen molar-refractivity contribution in [3.63, 3.8) is 0 Å². The fourth-order valence-electron chi connectivity index (χ4n) is 1.21. The Bertz CT molecular complexity index is 75.1. The van der Waals surface area contributed by atoms with Crippen molar-refractivity contribution in [1.29, 1.82) is 0 Å². The van der Waals surface area contributed by atoms with Crippen LogP contribution in [0.25, 0.3) is 0 Å². The van der Waals surface area contributed by atoms with Crippen LogP contribution in [0.15, 0.2) is 0 Å². The van der Waals surface area contributed by atoms with Gasteiger partial charge in [-0.2, -0.15) is 0 Å². The van der Waals surface area contributed by atoms with Gasteiger partial charge in [0.2, 0.25) is 0 Å². The first-order valence-corrected chi connectivity index (χ1v) is 3.28. The molecule has 4 N–H and O–H groups in total. The Morgan fingerprint density at radius 1 is 0.889 bits per heavy atom. The minimum absolute atomic E-state index is 0. The molecule has 0 bridgehead atoms. The zero-order valence-electron chi connectivity index (χ0n) is 5.51. The van der Waals surface area contributed by atoms with E-state index in [2.05, 4.69) is 0 Å². The van der Waals surface area contributed by atoms with Gasteiger partial charge < -0.3 is 11.5 Å². The molecule has 0 heterocycles. The summed E-state index contributed by atoms with van der Waals surface area (Å²) >= 11 is 0. The SMILES string of the molecule is NC1(N)CCCCC1.[Pt]. The molecule has 1 rings (SSSR count). The predicted octanol–water partition coefficient (Wildman–Crippen LogP) is 0.562. The van der Waals surface area contributed by atoms with Crippen LogP contribution in [0.5, 0.6) is 0 Å². The van der Waals surface area contributed by atoms with E-state index in [0.717, 1.165) is 12.8 Å². The molecular formula is C6H14N2Pt. The standard InChI is InChI=1S/C6H14N2.Pt/c7-6(8)4-2-1-3-5-6;/h1-5,7-8H2;. The molecule has 0 radical (unpaired) electrons. The minimum Gasteiger partial charge on any atom is -0.313 e. The summed E-state index contributed by atoms with van der Waals surface area (Å²) < 4.78 is 0. The third-order valence-corrected chi connectivity index (χ3v) is 1.78. The van der Waals surface area contributed by atoms with Crippen molar-refractivity contribution in [1.82, 2.24) is 0 Å². The fraction of sp³-hybridized carbons (Fsp3) is 1.00. The van der Waals surface area contributed by atoms with Crippen LogP contribution in [0.3, 0.4) is 0 Å². The average molecular weight is 309 g/mol. The predicted molar refractivity (Wildman–Crippen MR) is 34.2 cm³/mol. The van der Waals surface area contributed by atoms with Crippen molar-refractivity contribution in [3.05, 3.63) is 0 Å². The molecule has 0 aromatic carbocycles. The van der Waals surface area contributed by atoms with Gasteiger partial charge in [0.05, 0.1) is 5.66 Å². The maximum atomic E-state index is 5.66. The van der Waals surface area contributed by atoms with Gasteiger partial charge in [0.25, 0.3) is 0 Å². The molecule has 0 saturated heterocycles. The van der Waals surface area contributed by atoms with E-state index in [4.69, 9.17) is 11.5 Å². The van der Waals surface area contributed by atoms with Gasteiger partial charge in [0.15, 0.2) is 0 Å². The Morgan fingerprint density at radius 2 is 1.33 bits per heavy atom. The fourth-order valence-corrected chi connectivity index (χ4v) is 1.21. The molecule has 0 aromatic heterocycles. The van der Waals surface area contributed by atoms with Crippen LogP contribution < -0.4 is 11.5 Å². The van der Waals surface area contributed by atoms with Crippen LogP contribution in [0, 0.1) is 0 Å². The molecule has 1 fully saturated rings. The summed E-state index contributed by atoms with van der Waals surface area (Å²) in [6.07, 6.45) is 5.76. The quantitative estimate of drug-likeness (QED) is 0.643. The van der Waals surface area contributed by atoms with Gasteiger partial charge in [-0.05, 0) is 12.8 Å². The zero-order valence-corrected chi connectivity index (χ0v) is 7.78. The van der Waals surface area contributed by atoms with E-state index >= 15 is 0 Å². The minimum atomic E-state index is -0.321. The number of nitrogens with two attached hydrogens (primary N) is 2. The third kappa shape index (κ3) is 3.34. The number of hydrogen-bond acceptors (Lipinski definition) is 2. The van der Waals surface area contributed by atoms with Gasteiger partial charge in [-0.25, -0.2) is 0 Å². The molecule has 0 aromatic rings. The number of hydrogen-bond donors (Lipinski definition) is 2. The van der Waals surface area contributed by atoms with E-state index in [9.17, 15) is 0 Å². The van der Waals surface area contributed by atoms with E-state index < -0.39 is 0 Å². The molecule has 0 unspecified atom stereocenters. The Balaban J connectivity index is 0.000000640. The van der Waals surface area contributed by atoms with Gasteiger partial charge in [-0.15, -0.1) is 0 Å². The number of rotatable bonds is 0. The second-order valence-electron chi connectivity index (χ2n) is 2.79. The third-order valence-electron chi connectivity index (χ3n) is 1.78. The Hall–Kier alpha value is 0.608. The van der Waals surface area contributed by atoms with Crippen LogP contribution in [-0.4, -0.2) is 5.66 Å². The van der Waals surface area contributed by atoms with Crippen molar-refractivity contribution < 1.29 is 21.1 Å². The molecule has 0 amide bonds. The van der Waals surface area contributed by atoms with Gasteiger partial charge in [0.1, 0.15) is 0 Å². The Labute approximate surface area is 70.6 Å². The molecule has 1 aliphatic carbocycles. The van der Waals surface area contributed by atoms with Crippen molar-refractivity contribution in [3.8, 4) is 0 Å². The summed E-state index contributed by atoms with van der Waals surface area (Å²) in [5.74, 6) is 0. The van der Waals surface area contributed by atoms with Crippen molar-refractivity contribution in [2.75, 3.05) is 0 Å². The summed E-state index contributed by atoms with van der Waals surface area (Å²) in [7, 11) is 0. The molecule has 58 valence electrons. The van der Waals surface area contributed by atoms with E-state index in [1.165, 1.54) is 19.3 Å². The van der Waals surface area contributed by atoms with Gasteiger partial charge in [-0.3, -0.25) is 0 Å². The first kappa shape index (κ1) is 9.61. The zero-order chi connectivity index (χ0) is 6.04. The maximum Gasteiger partial charge on any atom is 0.0636 e. The Kier molecular flexibility index (Phi) is 3.95. The largest absolute Gasteiger partial charge is 0.313 e. The van der Waals surface area contributed by atoms with E-state index in [-0.39, 0.29) is 26.7 Å². The van der Waals surface area contributed by atoms with E-state index in [0.29, 0.717) is 0 Å². The van der Waals surface area contributed by atoms with Crippen LogP contribution in [-0.2, 0) is 21.1 Å². The van der Waals surface area contributed by atoms with Crippen molar-refractivity contribution >= 4 is 0 Å². The summed E-state index contributed by atoms with van der Waals surface area (Å²) in [6, 6.07) is 0. The molecular weight excluding hydrogens is 295 g/mol. The summed E-state index contributed by atoms with van der Waals surface area (Å²) in [4.78, 5) is 0. The molecule has 2 nitrogen and oxygen atoms in total. The molecule has 3 heteroatoms. The summed E-state index contributed by atoms with van der Waals surface area (Å²) in [5, 5.41) is 0. The van der Waals surface area contributed by atoms with Crippen LogP contribution >= 0.6 is 0 Å². The second-order valence-corrected chi connectivity index (χ2v) is 2.79. The van der Waals surface area contributed by atoms with Crippen molar-refractivity contribution in [2.24, 2.45) is 11.5 Å². The van der Waals surface area contributed by atoms with Crippen LogP contribution in [0.2, 0.25) is 0 Å². The van der Waals surface area contributed by atoms with Crippen LogP contribution in [0.4, 0.5) is 0 Å². The topological polar surface area (TPSA) is 52.0 Å². The van der Waals surface area contributed by atoms with E-state index in [1.807, 2.05) is 0 Å². The van der Waals surface area contributed by atoms with Gasteiger partial charge >= 0.3 is 0 Å². The first-order chi connectivity index (χ1) is 3.71. The molecule has 9 heavy (non-hydrogen) atoms. The Morgan fingerprint density at radius 3 is 1.56 bits per heavy atom. The molecule has 0 spiro atoms.